The molecule has 2 rings (SSSR count). The number of rotatable bonds is 3. The molecule has 0 saturated carbocycles. The van der Waals surface area contributed by atoms with E-state index in [9.17, 15) is 40.3 Å². The van der Waals surface area contributed by atoms with Crippen molar-refractivity contribution in [2.45, 2.75) is 30.9 Å². The molecule has 0 atom stereocenters. The van der Waals surface area contributed by atoms with Gasteiger partial charge in [-0.2, -0.15) is 26.3 Å². The minimum atomic E-state index is -6.08. The molecule has 138 valence electrons. The second-order valence-electron chi connectivity index (χ2n) is 5.29. The first kappa shape index (κ1) is 19.0. The average molecular weight is 372 g/mol. The molecule has 0 spiro atoms. The smallest absolute Gasteiger partial charge is 0.314 e. The predicted molar refractivity (Wildman–Crippen MR) is 69.7 cm³/mol. The number of carbonyl (C=O) groups is 2. The average Bonchev–Trinajstić information content (AvgIpc) is 2.88. The lowest BCUT2D eigenvalue weighted by atomic mass is 10.1. The molecule has 1 aromatic carbocycles. The first-order chi connectivity index (χ1) is 11.4. The molecule has 0 unspecified atom stereocenters. The minimum Gasteiger partial charge on any atom is -0.314 e. The highest BCUT2D eigenvalue weighted by Gasteiger charge is 2.76. The standard InChI is InChI=1S/C14H11F7N2O2/c15-9-5-2-1-4-8(9)11(25)22-12(13(16,17)18,14(19,20)21)23-7-3-6-10(23)24/h1-2,4-5H,3,6-7H2,(H,22,25). The van der Waals surface area contributed by atoms with Gasteiger partial charge in [0, 0.05) is 13.0 Å². The molecule has 0 radical (unpaired) electrons. The summed E-state index contributed by atoms with van der Waals surface area (Å²) in [6, 6.07) is 3.62. The zero-order chi connectivity index (χ0) is 19.0. The van der Waals surface area contributed by atoms with Crippen LogP contribution in [0.1, 0.15) is 23.2 Å². The van der Waals surface area contributed by atoms with E-state index in [1.807, 2.05) is 0 Å². The van der Waals surface area contributed by atoms with E-state index in [1.54, 1.807) is 0 Å². The van der Waals surface area contributed by atoms with Crippen LogP contribution in [-0.2, 0) is 4.79 Å². The molecule has 0 aliphatic carbocycles. The molecule has 0 aromatic heterocycles. The first-order valence-corrected chi connectivity index (χ1v) is 6.93. The summed E-state index contributed by atoms with van der Waals surface area (Å²) in [5.74, 6) is -4.65. The Labute approximate surface area is 136 Å². The fraction of sp³-hybridized carbons (Fsp3) is 0.429. The van der Waals surface area contributed by atoms with Crippen LogP contribution >= 0.6 is 0 Å². The summed E-state index contributed by atoms with van der Waals surface area (Å²) in [4.78, 5) is 23.1. The van der Waals surface area contributed by atoms with E-state index in [2.05, 4.69) is 0 Å². The quantitative estimate of drug-likeness (QED) is 0.830. The van der Waals surface area contributed by atoms with E-state index >= 15 is 0 Å². The van der Waals surface area contributed by atoms with Crippen molar-refractivity contribution in [1.29, 1.82) is 0 Å². The van der Waals surface area contributed by atoms with Crippen LogP contribution in [0.3, 0.4) is 0 Å². The molecule has 4 nitrogen and oxygen atoms in total. The van der Waals surface area contributed by atoms with E-state index in [0.717, 1.165) is 23.5 Å². The number of alkyl halides is 6. The zero-order valence-corrected chi connectivity index (χ0v) is 12.3. The highest BCUT2D eigenvalue weighted by Crippen LogP contribution is 2.47. The number of nitrogens with one attached hydrogen (secondary N) is 1. The third-order valence-electron chi connectivity index (χ3n) is 3.71. The number of hydrogen-bond acceptors (Lipinski definition) is 2. The normalized spacial score (nSPS) is 16.3. The summed E-state index contributed by atoms with van der Waals surface area (Å²) < 4.78 is 94.3. The predicted octanol–water partition coefficient (Wildman–Crippen LogP) is 3.00. The van der Waals surface area contributed by atoms with Crippen LogP contribution < -0.4 is 5.32 Å². The summed E-state index contributed by atoms with van der Waals surface area (Å²) in [7, 11) is 0. The van der Waals surface area contributed by atoms with Gasteiger partial charge in [-0.25, -0.2) is 4.39 Å². The Morgan fingerprint density at radius 1 is 1.04 bits per heavy atom. The Kier molecular flexibility index (Phi) is 4.71. The molecule has 1 saturated heterocycles. The summed E-state index contributed by atoms with van der Waals surface area (Å²) in [5.41, 5.74) is -5.94. The Bertz CT molecular complexity index is 670. The third-order valence-corrected chi connectivity index (χ3v) is 3.71. The summed E-state index contributed by atoms with van der Waals surface area (Å²) >= 11 is 0. The topological polar surface area (TPSA) is 49.4 Å². The van der Waals surface area contributed by atoms with Crippen molar-refractivity contribution in [3.63, 3.8) is 0 Å². The van der Waals surface area contributed by atoms with Crippen molar-refractivity contribution in [2.24, 2.45) is 0 Å². The van der Waals surface area contributed by atoms with Crippen LogP contribution in [0.2, 0.25) is 0 Å². The highest BCUT2D eigenvalue weighted by molar-refractivity contribution is 5.95. The Morgan fingerprint density at radius 3 is 2.04 bits per heavy atom. The second-order valence-corrected chi connectivity index (χ2v) is 5.29. The Balaban J connectivity index is 2.57. The monoisotopic (exact) mass is 372 g/mol. The lowest BCUT2D eigenvalue weighted by Gasteiger charge is -2.43. The fourth-order valence-corrected chi connectivity index (χ4v) is 2.56. The zero-order valence-electron chi connectivity index (χ0n) is 12.3. The van der Waals surface area contributed by atoms with Crippen molar-refractivity contribution in [2.75, 3.05) is 6.54 Å². The van der Waals surface area contributed by atoms with Crippen molar-refractivity contribution >= 4 is 11.8 Å². The first-order valence-electron chi connectivity index (χ1n) is 6.93. The fourth-order valence-electron chi connectivity index (χ4n) is 2.56. The Morgan fingerprint density at radius 2 is 1.60 bits per heavy atom. The lowest BCUT2D eigenvalue weighted by molar-refractivity contribution is -0.341. The van der Waals surface area contributed by atoms with E-state index in [4.69, 9.17) is 0 Å². The Hall–Kier alpha value is -2.33. The summed E-state index contributed by atoms with van der Waals surface area (Å²) in [6.07, 6.45) is -12.9. The van der Waals surface area contributed by atoms with Gasteiger partial charge in [-0.1, -0.05) is 12.1 Å². The maximum Gasteiger partial charge on any atom is 0.440 e. The molecular formula is C14H11F7N2O2. The number of hydrogen-bond donors (Lipinski definition) is 1. The highest BCUT2D eigenvalue weighted by atomic mass is 19.4. The lowest BCUT2D eigenvalue weighted by Crippen LogP contribution is -2.76. The van der Waals surface area contributed by atoms with Crippen LogP contribution in [0.25, 0.3) is 0 Å². The molecule has 1 fully saturated rings. The van der Waals surface area contributed by atoms with Crippen molar-refractivity contribution in [3.8, 4) is 0 Å². The van der Waals surface area contributed by atoms with Crippen molar-refractivity contribution in [3.05, 3.63) is 35.6 Å². The minimum absolute atomic E-state index is 0.234. The largest absolute Gasteiger partial charge is 0.440 e. The van der Waals surface area contributed by atoms with Gasteiger partial charge in [-0.05, 0) is 18.6 Å². The molecule has 1 aromatic rings. The molecular weight excluding hydrogens is 361 g/mol. The maximum absolute atomic E-state index is 13.6. The van der Waals surface area contributed by atoms with Crippen molar-refractivity contribution in [1.82, 2.24) is 10.2 Å². The van der Waals surface area contributed by atoms with Gasteiger partial charge >= 0.3 is 18.0 Å². The summed E-state index contributed by atoms with van der Waals surface area (Å²) in [6.45, 7) is -0.852. The molecule has 0 bridgehead atoms. The van der Waals surface area contributed by atoms with Gasteiger partial charge < -0.3 is 10.2 Å². The van der Waals surface area contributed by atoms with Crippen molar-refractivity contribution < 1.29 is 40.3 Å². The van der Waals surface area contributed by atoms with Gasteiger partial charge in [0.25, 0.3) is 5.91 Å². The number of amides is 2. The number of likely N-dealkylation sites (tertiary alicyclic amines) is 1. The second kappa shape index (κ2) is 6.19. The van der Waals surface area contributed by atoms with E-state index in [0.29, 0.717) is 6.07 Å². The molecule has 2 amide bonds. The van der Waals surface area contributed by atoms with Gasteiger partial charge in [-0.3, -0.25) is 9.59 Å². The molecule has 25 heavy (non-hydrogen) atoms. The number of benzene rings is 1. The van der Waals surface area contributed by atoms with Gasteiger partial charge in [0.15, 0.2) is 0 Å². The van der Waals surface area contributed by atoms with E-state index in [1.165, 1.54) is 0 Å². The van der Waals surface area contributed by atoms with Gasteiger partial charge in [0.05, 0.1) is 5.56 Å². The van der Waals surface area contributed by atoms with Crippen LogP contribution in [0.15, 0.2) is 24.3 Å². The third kappa shape index (κ3) is 3.14. The van der Waals surface area contributed by atoms with Crippen LogP contribution in [-0.4, -0.2) is 41.3 Å². The van der Waals surface area contributed by atoms with Crippen LogP contribution in [0.4, 0.5) is 30.7 Å². The molecule has 11 heteroatoms. The summed E-state index contributed by atoms with van der Waals surface area (Å²) in [5, 5.41) is 0.816. The molecule has 1 N–H and O–H groups in total. The van der Waals surface area contributed by atoms with Crippen LogP contribution in [0.5, 0.6) is 0 Å². The van der Waals surface area contributed by atoms with Gasteiger partial charge in [0.2, 0.25) is 5.91 Å². The van der Waals surface area contributed by atoms with E-state index in [-0.39, 0.29) is 6.42 Å². The molecule has 1 aliphatic heterocycles. The maximum atomic E-state index is 13.6. The van der Waals surface area contributed by atoms with Gasteiger partial charge in [-0.15, -0.1) is 0 Å². The molecule has 1 aliphatic rings. The molecule has 1 heterocycles. The van der Waals surface area contributed by atoms with Crippen LogP contribution in [0, 0.1) is 5.82 Å². The SMILES string of the molecule is O=C(NC(N1CCCC1=O)(C(F)(F)F)C(F)(F)F)c1ccccc1F. The number of nitrogens with zero attached hydrogens (tertiary/aromatic N) is 1. The number of halogens is 7. The number of carbonyl (C=O) groups excluding carboxylic acids is 2. The van der Waals surface area contributed by atoms with Gasteiger partial charge in [0.1, 0.15) is 5.82 Å². The van der Waals surface area contributed by atoms with E-state index < -0.39 is 59.1 Å².